The number of halogens is 1. The zero-order valence-corrected chi connectivity index (χ0v) is 13.3. The quantitative estimate of drug-likeness (QED) is 0.869. The number of hydrogen-bond donors (Lipinski definition) is 0. The molecule has 1 aromatic heterocycles. The largest absolute Gasteiger partial charge is 0.350 e. The Morgan fingerprint density at radius 1 is 1.36 bits per heavy atom. The van der Waals surface area contributed by atoms with E-state index in [2.05, 4.69) is 28.1 Å². The van der Waals surface area contributed by atoms with Crippen molar-refractivity contribution in [3.63, 3.8) is 0 Å². The second-order valence-electron chi connectivity index (χ2n) is 5.50. The summed E-state index contributed by atoms with van der Waals surface area (Å²) in [5.74, 6) is 0.689. The van der Waals surface area contributed by atoms with Gasteiger partial charge in [-0.05, 0) is 43.9 Å². The van der Waals surface area contributed by atoms with E-state index in [1.807, 2.05) is 12.1 Å². The summed E-state index contributed by atoms with van der Waals surface area (Å²) in [4.78, 5) is 3.73. The third kappa shape index (κ3) is 2.79. The molecule has 1 saturated heterocycles. The Bertz CT molecular complexity index is 703. The van der Waals surface area contributed by atoms with Crippen LogP contribution in [0.4, 0.5) is 5.82 Å². The third-order valence-corrected chi connectivity index (χ3v) is 4.35. The van der Waals surface area contributed by atoms with Gasteiger partial charge in [-0.2, -0.15) is 5.26 Å². The van der Waals surface area contributed by atoms with Crippen molar-refractivity contribution < 1.29 is 0 Å². The molecular weight excluding hydrogens is 298 g/mol. The molecule has 0 N–H and O–H groups in total. The highest BCUT2D eigenvalue weighted by Gasteiger charge is 2.26. The number of anilines is 1. The lowest BCUT2D eigenvalue weighted by molar-refractivity contribution is 0.446. The molecule has 0 bridgehead atoms. The molecule has 5 nitrogen and oxygen atoms in total. The lowest BCUT2D eigenvalue weighted by Crippen LogP contribution is -2.39. The molecule has 0 spiro atoms. The van der Waals surface area contributed by atoms with E-state index in [1.165, 1.54) is 11.2 Å². The fourth-order valence-corrected chi connectivity index (χ4v) is 3.17. The van der Waals surface area contributed by atoms with E-state index in [9.17, 15) is 5.26 Å². The Kier molecular flexibility index (Phi) is 4.30. The van der Waals surface area contributed by atoms with Gasteiger partial charge in [-0.25, -0.2) is 0 Å². The van der Waals surface area contributed by atoms with Crippen LogP contribution in [0, 0.1) is 11.3 Å². The molecule has 0 unspecified atom stereocenters. The van der Waals surface area contributed by atoms with E-state index in [4.69, 9.17) is 11.6 Å². The highest BCUT2D eigenvalue weighted by atomic mass is 35.5. The Hall–Kier alpha value is -2.06. The molecule has 3 rings (SSSR count). The average molecular weight is 316 g/mol. The van der Waals surface area contributed by atoms with Crippen LogP contribution in [0.15, 0.2) is 24.3 Å². The fraction of sp³-hybridized carbons (Fsp3) is 0.438. The molecule has 0 saturated carbocycles. The maximum atomic E-state index is 9.40. The van der Waals surface area contributed by atoms with E-state index in [-0.39, 0.29) is 0 Å². The zero-order chi connectivity index (χ0) is 15.5. The summed E-state index contributed by atoms with van der Waals surface area (Å²) >= 11 is 6.03. The highest BCUT2D eigenvalue weighted by molar-refractivity contribution is 6.30. The third-order valence-electron chi connectivity index (χ3n) is 4.11. The molecular formula is C16H18ClN5. The number of nitriles is 1. The number of nitrogens with zero attached hydrogens (tertiary/aromatic N) is 5. The predicted octanol–water partition coefficient (Wildman–Crippen LogP) is 3.56. The predicted molar refractivity (Wildman–Crippen MR) is 86.4 cm³/mol. The number of piperidine rings is 1. The van der Waals surface area contributed by atoms with Gasteiger partial charge in [0.15, 0.2) is 5.82 Å². The molecule has 114 valence electrons. The summed E-state index contributed by atoms with van der Waals surface area (Å²) in [5, 5.41) is 18.9. The first-order valence-corrected chi connectivity index (χ1v) is 8.00. The molecule has 2 aromatic rings. The van der Waals surface area contributed by atoms with Gasteiger partial charge in [-0.15, -0.1) is 15.0 Å². The summed E-state index contributed by atoms with van der Waals surface area (Å²) in [6, 6.07) is 9.93. The van der Waals surface area contributed by atoms with Crippen LogP contribution < -0.4 is 4.90 Å². The number of aromatic nitrogens is 3. The summed E-state index contributed by atoms with van der Waals surface area (Å²) in [5.41, 5.74) is 1.14. The summed E-state index contributed by atoms with van der Waals surface area (Å²) in [6.07, 6.45) is 4.56. The summed E-state index contributed by atoms with van der Waals surface area (Å²) < 4.78 is 0. The van der Waals surface area contributed by atoms with Crippen LogP contribution in [0.2, 0.25) is 5.02 Å². The Balaban J connectivity index is 2.00. The molecule has 0 aliphatic carbocycles. The van der Waals surface area contributed by atoms with Crippen molar-refractivity contribution in [2.45, 2.75) is 38.6 Å². The molecule has 0 radical (unpaired) electrons. The number of rotatable bonds is 3. The van der Waals surface area contributed by atoms with E-state index >= 15 is 0 Å². The van der Waals surface area contributed by atoms with Gasteiger partial charge in [-0.3, -0.25) is 0 Å². The van der Waals surface area contributed by atoms with Crippen LogP contribution in [0.1, 0.15) is 38.3 Å². The Labute approximate surface area is 135 Å². The SMILES string of the molecule is CC[C@@H]1CCCCN1c1nn(-c2cccc(Cl)c2)nc1C#N. The van der Waals surface area contributed by atoms with Gasteiger partial charge in [0.25, 0.3) is 0 Å². The van der Waals surface area contributed by atoms with E-state index in [0.29, 0.717) is 22.6 Å². The first-order chi connectivity index (χ1) is 10.7. The Morgan fingerprint density at radius 2 is 2.23 bits per heavy atom. The smallest absolute Gasteiger partial charge is 0.207 e. The van der Waals surface area contributed by atoms with Crippen molar-refractivity contribution in [1.82, 2.24) is 15.0 Å². The number of benzene rings is 1. The topological polar surface area (TPSA) is 57.7 Å². The van der Waals surface area contributed by atoms with Gasteiger partial charge < -0.3 is 4.90 Å². The van der Waals surface area contributed by atoms with Gasteiger partial charge in [0.1, 0.15) is 6.07 Å². The molecule has 1 fully saturated rings. The maximum Gasteiger partial charge on any atom is 0.207 e. The molecule has 1 atom stereocenters. The summed E-state index contributed by atoms with van der Waals surface area (Å²) in [7, 11) is 0. The molecule has 22 heavy (non-hydrogen) atoms. The molecule has 1 aliphatic heterocycles. The van der Waals surface area contributed by atoms with E-state index in [0.717, 1.165) is 31.5 Å². The van der Waals surface area contributed by atoms with Gasteiger partial charge >= 0.3 is 0 Å². The van der Waals surface area contributed by atoms with Crippen LogP contribution in [-0.4, -0.2) is 27.6 Å². The van der Waals surface area contributed by atoms with Crippen LogP contribution in [0.25, 0.3) is 5.69 Å². The van der Waals surface area contributed by atoms with Crippen molar-refractivity contribution in [1.29, 1.82) is 5.26 Å². The molecule has 1 aromatic carbocycles. The van der Waals surface area contributed by atoms with Crippen molar-refractivity contribution in [2.75, 3.05) is 11.4 Å². The van der Waals surface area contributed by atoms with Gasteiger partial charge in [0.2, 0.25) is 5.69 Å². The molecule has 1 aliphatic rings. The van der Waals surface area contributed by atoms with E-state index in [1.54, 1.807) is 12.1 Å². The van der Waals surface area contributed by atoms with Crippen LogP contribution in [0.5, 0.6) is 0 Å². The second kappa shape index (κ2) is 6.37. The average Bonchev–Trinajstić information content (AvgIpc) is 2.99. The monoisotopic (exact) mass is 315 g/mol. The zero-order valence-electron chi connectivity index (χ0n) is 12.5. The second-order valence-corrected chi connectivity index (χ2v) is 5.94. The first kappa shape index (κ1) is 14.9. The van der Waals surface area contributed by atoms with Crippen LogP contribution in [0.3, 0.4) is 0 Å². The molecule has 6 heteroatoms. The summed E-state index contributed by atoms with van der Waals surface area (Å²) in [6.45, 7) is 3.11. The van der Waals surface area contributed by atoms with Crippen LogP contribution in [-0.2, 0) is 0 Å². The molecule has 2 heterocycles. The lowest BCUT2D eigenvalue weighted by Gasteiger charge is -2.35. The minimum Gasteiger partial charge on any atom is -0.350 e. The van der Waals surface area contributed by atoms with E-state index < -0.39 is 0 Å². The van der Waals surface area contributed by atoms with Crippen molar-refractivity contribution >= 4 is 17.4 Å². The molecule has 0 amide bonds. The van der Waals surface area contributed by atoms with Crippen molar-refractivity contribution in [3.05, 3.63) is 35.0 Å². The lowest BCUT2D eigenvalue weighted by atomic mass is 10.00. The Morgan fingerprint density at radius 3 is 2.95 bits per heavy atom. The maximum absolute atomic E-state index is 9.40. The van der Waals surface area contributed by atoms with Gasteiger partial charge in [0.05, 0.1) is 5.69 Å². The van der Waals surface area contributed by atoms with Crippen molar-refractivity contribution in [3.8, 4) is 11.8 Å². The number of hydrogen-bond acceptors (Lipinski definition) is 4. The normalized spacial score (nSPS) is 18.2. The first-order valence-electron chi connectivity index (χ1n) is 7.63. The van der Waals surface area contributed by atoms with Crippen LogP contribution >= 0.6 is 11.6 Å². The standard InChI is InChI=1S/C16H18ClN5/c1-2-13-7-3-4-9-21(13)16-15(11-18)19-22(20-16)14-8-5-6-12(17)10-14/h5-6,8,10,13H,2-4,7,9H2,1H3/t13-/m1/s1. The van der Waals surface area contributed by atoms with Gasteiger partial charge in [0, 0.05) is 17.6 Å². The highest BCUT2D eigenvalue weighted by Crippen LogP contribution is 2.27. The minimum absolute atomic E-state index is 0.375. The fourth-order valence-electron chi connectivity index (χ4n) is 2.98. The minimum atomic E-state index is 0.375. The van der Waals surface area contributed by atoms with Gasteiger partial charge in [-0.1, -0.05) is 24.6 Å². The van der Waals surface area contributed by atoms with Crippen molar-refractivity contribution in [2.24, 2.45) is 0 Å².